The summed E-state index contributed by atoms with van der Waals surface area (Å²) in [5.41, 5.74) is 9.06. The minimum Gasteiger partial charge on any atom is -0.391 e. The molecule has 1 aliphatic rings. The Balaban J connectivity index is 3.04. The first-order chi connectivity index (χ1) is 6.79. The monoisotopic (exact) mass is 210 g/mol. The van der Waals surface area contributed by atoms with Crippen molar-refractivity contribution in [2.24, 2.45) is 23.5 Å². The maximum Gasteiger partial charge on any atom is 0.0161 e. The van der Waals surface area contributed by atoms with Crippen molar-refractivity contribution < 1.29 is 0 Å². The van der Waals surface area contributed by atoms with E-state index >= 15 is 0 Å². The second kappa shape index (κ2) is 4.17. The van der Waals surface area contributed by atoms with Gasteiger partial charge < -0.3 is 11.1 Å². The normalized spacial score (nSPS) is 29.5. The van der Waals surface area contributed by atoms with Crippen molar-refractivity contribution in [1.82, 2.24) is 5.32 Å². The maximum atomic E-state index is 6.22. The molecule has 0 aromatic heterocycles. The minimum atomic E-state index is -0.129. The molecule has 0 saturated heterocycles. The fourth-order valence-corrected chi connectivity index (χ4v) is 2.78. The zero-order valence-corrected chi connectivity index (χ0v) is 11.0. The topological polar surface area (TPSA) is 38.0 Å². The molecule has 0 radical (unpaired) electrons. The molecule has 3 atom stereocenters. The van der Waals surface area contributed by atoms with Crippen molar-refractivity contribution in [2.45, 2.75) is 46.6 Å². The molecule has 0 amide bonds. The molecule has 0 saturated carbocycles. The standard InChI is InChI=1S/C13H26N2/c1-8-7-9(2)12(15-6)11(8)10(3)13(4,5)14/h8-10,15H,7,14H2,1-6H3. The summed E-state index contributed by atoms with van der Waals surface area (Å²) in [6.07, 6.45) is 1.26. The van der Waals surface area contributed by atoms with Gasteiger partial charge in [0.2, 0.25) is 0 Å². The third-order valence-corrected chi connectivity index (χ3v) is 3.89. The average Bonchev–Trinajstić information content (AvgIpc) is 2.37. The van der Waals surface area contributed by atoms with Gasteiger partial charge >= 0.3 is 0 Å². The molecule has 1 rings (SSSR count). The van der Waals surface area contributed by atoms with E-state index in [1.54, 1.807) is 0 Å². The molecule has 2 nitrogen and oxygen atoms in total. The first kappa shape index (κ1) is 12.6. The second-order valence-corrected chi connectivity index (χ2v) is 5.70. The van der Waals surface area contributed by atoms with Crippen LogP contribution in [0, 0.1) is 17.8 Å². The van der Waals surface area contributed by atoms with E-state index in [4.69, 9.17) is 5.73 Å². The Morgan fingerprint density at radius 3 is 2.27 bits per heavy atom. The molecule has 2 heteroatoms. The van der Waals surface area contributed by atoms with Crippen molar-refractivity contribution >= 4 is 0 Å². The van der Waals surface area contributed by atoms with Crippen LogP contribution in [0.4, 0.5) is 0 Å². The SMILES string of the molecule is CNC1=C(C(C)C(C)(C)N)C(C)CC1C. The van der Waals surface area contributed by atoms with Crippen LogP contribution in [0.25, 0.3) is 0 Å². The Bertz CT molecular complexity index is 260. The van der Waals surface area contributed by atoms with Crippen LogP contribution in [0.15, 0.2) is 11.3 Å². The minimum absolute atomic E-state index is 0.129. The van der Waals surface area contributed by atoms with Crippen LogP contribution >= 0.6 is 0 Å². The predicted molar refractivity (Wildman–Crippen MR) is 66.5 cm³/mol. The number of allylic oxidation sites excluding steroid dienone is 1. The fourth-order valence-electron chi connectivity index (χ4n) is 2.78. The van der Waals surface area contributed by atoms with Crippen LogP contribution in [0.1, 0.15) is 41.0 Å². The number of hydrogen-bond acceptors (Lipinski definition) is 2. The van der Waals surface area contributed by atoms with Gasteiger partial charge in [-0.15, -0.1) is 0 Å². The van der Waals surface area contributed by atoms with Crippen LogP contribution in [-0.4, -0.2) is 12.6 Å². The lowest BCUT2D eigenvalue weighted by atomic mass is 9.80. The van der Waals surface area contributed by atoms with E-state index in [0.717, 1.165) is 0 Å². The summed E-state index contributed by atoms with van der Waals surface area (Å²) in [5.74, 6) is 1.77. The van der Waals surface area contributed by atoms with E-state index < -0.39 is 0 Å². The van der Waals surface area contributed by atoms with E-state index in [0.29, 0.717) is 17.8 Å². The van der Waals surface area contributed by atoms with Gasteiger partial charge in [0.05, 0.1) is 0 Å². The highest BCUT2D eigenvalue weighted by Crippen LogP contribution is 2.41. The van der Waals surface area contributed by atoms with Crippen molar-refractivity contribution in [3.8, 4) is 0 Å². The van der Waals surface area contributed by atoms with Crippen LogP contribution in [0.5, 0.6) is 0 Å². The van der Waals surface area contributed by atoms with Gasteiger partial charge in [0.1, 0.15) is 0 Å². The van der Waals surface area contributed by atoms with Gasteiger partial charge in [-0.3, -0.25) is 0 Å². The van der Waals surface area contributed by atoms with E-state index in [1.807, 2.05) is 7.05 Å². The summed E-state index contributed by atoms with van der Waals surface area (Å²) in [6.45, 7) is 11.1. The molecule has 0 aliphatic heterocycles. The maximum absolute atomic E-state index is 6.22. The van der Waals surface area contributed by atoms with Gasteiger partial charge in [-0.05, 0) is 43.6 Å². The largest absolute Gasteiger partial charge is 0.391 e. The van der Waals surface area contributed by atoms with Crippen LogP contribution in [0.2, 0.25) is 0 Å². The van der Waals surface area contributed by atoms with Crippen LogP contribution < -0.4 is 11.1 Å². The van der Waals surface area contributed by atoms with Gasteiger partial charge in [-0.1, -0.05) is 20.8 Å². The summed E-state index contributed by atoms with van der Waals surface area (Å²) in [6, 6.07) is 0. The Labute approximate surface area is 94.3 Å². The van der Waals surface area contributed by atoms with Crippen LogP contribution in [-0.2, 0) is 0 Å². The molecule has 0 fully saturated rings. The first-order valence-electron chi connectivity index (χ1n) is 5.99. The van der Waals surface area contributed by atoms with Crippen molar-refractivity contribution in [3.63, 3.8) is 0 Å². The second-order valence-electron chi connectivity index (χ2n) is 5.70. The number of nitrogens with one attached hydrogen (secondary N) is 1. The lowest BCUT2D eigenvalue weighted by molar-refractivity contribution is 0.367. The smallest absolute Gasteiger partial charge is 0.0161 e. The lowest BCUT2D eigenvalue weighted by Crippen LogP contribution is -2.41. The molecule has 0 aromatic carbocycles. The highest BCUT2D eigenvalue weighted by atomic mass is 14.9. The highest BCUT2D eigenvalue weighted by molar-refractivity contribution is 5.27. The molecule has 3 unspecified atom stereocenters. The van der Waals surface area contributed by atoms with Crippen LogP contribution in [0.3, 0.4) is 0 Å². The molecule has 1 aliphatic carbocycles. The number of rotatable bonds is 3. The number of nitrogens with two attached hydrogens (primary N) is 1. The molecule has 0 aromatic rings. The van der Waals surface area contributed by atoms with Gasteiger partial charge in [-0.25, -0.2) is 0 Å². The summed E-state index contributed by atoms with van der Waals surface area (Å²) in [4.78, 5) is 0. The molecule has 3 N–H and O–H groups in total. The van der Waals surface area contributed by atoms with Gasteiger partial charge in [-0.2, -0.15) is 0 Å². The zero-order chi connectivity index (χ0) is 11.8. The summed E-state index contributed by atoms with van der Waals surface area (Å²) in [7, 11) is 2.03. The predicted octanol–water partition coefficient (Wildman–Crippen LogP) is 2.51. The zero-order valence-electron chi connectivity index (χ0n) is 11.0. The van der Waals surface area contributed by atoms with Crippen molar-refractivity contribution in [1.29, 1.82) is 0 Å². The lowest BCUT2D eigenvalue weighted by Gasteiger charge is -2.31. The molecule has 0 heterocycles. The van der Waals surface area contributed by atoms with E-state index in [9.17, 15) is 0 Å². The Morgan fingerprint density at radius 2 is 1.87 bits per heavy atom. The van der Waals surface area contributed by atoms with E-state index in [2.05, 4.69) is 39.9 Å². The Kier molecular flexibility index (Phi) is 3.49. The summed E-state index contributed by atoms with van der Waals surface area (Å²) < 4.78 is 0. The highest BCUT2D eigenvalue weighted by Gasteiger charge is 2.35. The van der Waals surface area contributed by atoms with Gasteiger partial charge in [0.15, 0.2) is 0 Å². The van der Waals surface area contributed by atoms with Gasteiger partial charge in [0.25, 0.3) is 0 Å². The Hall–Kier alpha value is -0.500. The summed E-state index contributed by atoms with van der Waals surface area (Å²) >= 11 is 0. The molecule has 0 spiro atoms. The third kappa shape index (κ3) is 2.36. The Morgan fingerprint density at radius 1 is 1.33 bits per heavy atom. The van der Waals surface area contributed by atoms with Gasteiger partial charge in [0, 0.05) is 18.3 Å². The molecule has 15 heavy (non-hydrogen) atoms. The quantitative estimate of drug-likeness (QED) is 0.751. The average molecular weight is 210 g/mol. The first-order valence-corrected chi connectivity index (χ1v) is 5.99. The van der Waals surface area contributed by atoms with E-state index in [1.165, 1.54) is 17.7 Å². The summed E-state index contributed by atoms with van der Waals surface area (Å²) in [5, 5.41) is 3.37. The number of hydrogen-bond donors (Lipinski definition) is 2. The fraction of sp³-hybridized carbons (Fsp3) is 0.846. The molecular weight excluding hydrogens is 184 g/mol. The molecular formula is C13H26N2. The molecule has 0 bridgehead atoms. The van der Waals surface area contributed by atoms with E-state index in [-0.39, 0.29) is 5.54 Å². The van der Waals surface area contributed by atoms with Crippen molar-refractivity contribution in [3.05, 3.63) is 11.3 Å². The van der Waals surface area contributed by atoms with Crippen molar-refractivity contribution in [2.75, 3.05) is 7.05 Å². The molecule has 88 valence electrons. The third-order valence-electron chi connectivity index (χ3n) is 3.89.